The van der Waals surface area contributed by atoms with Gasteiger partial charge in [0.15, 0.2) is 0 Å². The molecule has 1 unspecified atom stereocenters. The SMILES string of the molecule is O=C(C=Cc1cc(Br)ccc1F)N1CCN(CC2CCCO2)CC1. The van der Waals surface area contributed by atoms with Crippen LogP contribution < -0.4 is 0 Å². The number of hydrogen-bond donors (Lipinski definition) is 0. The maximum absolute atomic E-state index is 13.7. The first-order valence-corrected chi connectivity index (χ1v) is 9.17. The summed E-state index contributed by atoms with van der Waals surface area (Å²) in [4.78, 5) is 16.5. The molecule has 130 valence electrons. The average molecular weight is 397 g/mol. The number of rotatable bonds is 4. The molecule has 0 aromatic heterocycles. The van der Waals surface area contributed by atoms with Gasteiger partial charge in [0.1, 0.15) is 5.82 Å². The number of carbonyl (C=O) groups is 1. The maximum Gasteiger partial charge on any atom is 0.246 e. The summed E-state index contributed by atoms with van der Waals surface area (Å²) in [6.45, 7) is 4.98. The van der Waals surface area contributed by atoms with Crippen LogP contribution in [-0.4, -0.2) is 61.1 Å². The van der Waals surface area contributed by atoms with E-state index in [0.717, 1.165) is 43.6 Å². The fourth-order valence-electron chi connectivity index (χ4n) is 3.14. The third-order valence-corrected chi connectivity index (χ3v) is 5.03. The first-order valence-electron chi connectivity index (χ1n) is 8.38. The van der Waals surface area contributed by atoms with Gasteiger partial charge in [0.25, 0.3) is 0 Å². The van der Waals surface area contributed by atoms with Gasteiger partial charge in [0, 0.05) is 55.4 Å². The molecular weight excluding hydrogens is 375 g/mol. The molecule has 4 nitrogen and oxygen atoms in total. The van der Waals surface area contributed by atoms with Crippen molar-refractivity contribution in [2.24, 2.45) is 0 Å². The Balaban J connectivity index is 1.49. The fourth-order valence-corrected chi connectivity index (χ4v) is 3.51. The van der Waals surface area contributed by atoms with Crippen LogP contribution in [0, 0.1) is 5.82 Å². The summed E-state index contributed by atoms with van der Waals surface area (Å²) in [5.74, 6) is -0.394. The molecule has 24 heavy (non-hydrogen) atoms. The van der Waals surface area contributed by atoms with Crippen LogP contribution in [0.15, 0.2) is 28.7 Å². The lowest BCUT2D eigenvalue weighted by Crippen LogP contribution is -2.50. The second-order valence-corrected chi connectivity index (χ2v) is 7.18. The molecule has 0 N–H and O–H groups in total. The van der Waals surface area contributed by atoms with Gasteiger partial charge in [-0.05, 0) is 37.1 Å². The minimum atomic E-state index is -0.330. The minimum absolute atomic E-state index is 0.0638. The zero-order valence-corrected chi connectivity index (χ0v) is 15.2. The molecule has 1 atom stereocenters. The highest BCUT2D eigenvalue weighted by Gasteiger charge is 2.24. The molecule has 1 aromatic carbocycles. The van der Waals surface area contributed by atoms with E-state index in [1.54, 1.807) is 18.2 Å². The number of amides is 1. The van der Waals surface area contributed by atoms with Crippen LogP contribution >= 0.6 is 15.9 Å². The number of nitrogens with zero attached hydrogens (tertiary/aromatic N) is 2. The number of benzene rings is 1. The van der Waals surface area contributed by atoms with Gasteiger partial charge in [0.05, 0.1) is 6.10 Å². The molecule has 2 heterocycles. The second kappa shape index (κ2) is 8.23. The molecule has 2 saturated heterocycles. The first-order chi connectivity index (χ1) is 11.6. The van der Waals surface area contributed by atoms with Crippen molar-refractivity contribution in [1.29, 1.82) is 0 Å². The van der Waals surface area contributed by atoms with Crippen LogP contribution in [0.2, 0.25) is 0 Å². The highest BCUT2D eigenvalue weighted by molar-refractivity contribution is 9.10. The summed E-state index contributed by atoms with van der Waals surface area (Å²) in [5.41, 5.74) is 0.412. The Bertz CT molecular complexity index is 609. The van der Waals surface area contributed by atoms with E-state index >= 15 is 0 Å². The molecule has 2 aliphatic rings. The van der Waals surface area contributed by atoms with Gasteiger partial charge in [-0.3, -0.25) is 9.69 Å². The van der Waals surface area contributed by atoms with Crippen molar-refractivity contribution in [1.82, 2.24) is 9.80 Å². The summed E-state index contributed by atoms with van der Waals surface area (Å²) >= 11 is 3.31. The van der Waals surface area contributed by atoms with E-state index in [9.17, 15) is 9.18 Å². The van der Waals surface area contributed by atoms with E-state index in [0.29, 0.717) is 24.8 Å². The molecule has 3 rings (SSSR count). The number of ether oxygens (including phenoxy) is 1. The zero-order chi connectivity index (χ0) is 16.9. The standard InChI is InChI=1S/C18H22BrFN2O2/c19-15-4-5-17(20)14(12-15)3-6-18(23)22-9-7-21(8-10-22)13-16-2-1-11-24-16/h3-6,12,16H,1-2,7-11,13H2. The van der Waals surface area contributed by atoms with Gasteiger partial charge in [-0.25, -0.2) is 4.39 Å². The highest BCUT2D eigenvalue weighted by Crippen LogP contribution is 2.17. The van der Waals surface area contributed by atoms with Crippen molar-refractivity contribution in [3.8, 4) is 0 Å². The summed E-state index contributed by atoms with van der Waals surface area (Å²) in [6, 6.07) is 4.69. The molecule has 0 aliphatic carbocycles. The lowest BCUT2D eigenvalue weighted by atomic mass is 10.2. The molecule has 0 saturated carbocycles. The Kier molecular flexibility index (Phi) is 6.03. The molecule has 0 bridgehead atoms. The molecule has 1 aromatic rings. The predicted octanol–water partition coefficient (Wildman–Crippen LogP) is 2.92. The largest absolute Gasteiger partial charge is 0.377 e. The Morgan fingerprint density at radius 1 is 1.33 bits per heavy atom. The number of piperazine rings is 1. The average Bonchev–Trinajstić information content (AvgIpc) is 3.09. The van der Waals surface area contributed by atoms with Gasteiger partial charge in [-0.15, -0.1) is 0 Å². The van der Waals surface area contributed by atoms with Crippen molar-refractivity contribution in [3.05, 3.63) is 40.1 Å². The smallest absolute Gasteiger partial charge is 0.246 e. The normalized spacial score (nSPS) is 22.4. The Labute approximate surface area is 150 Å². The van der Waals surface area contributed by atoms with E-state index in [2.05, 4.69) is 20.8 Å². The molecule has 2 aliphatic heterocycles. The van der Waals surface area contributed by atoms with Gasteiger partial charge >= 0.3 is 0 Å². The van der Waals surface area contributed by atoms with E-state index in [1.165, 1.54) is 12.1 Å². The highest BCUT2D eigenvalue weighted by atomic mass is 79.9. The van der Waals surface area contributed by atoms with Crippen LogP contribution in [-0.2, 0) is 9.53 Å². The molecule has 2 fully saturated rings. The van der Waals surface area contributed by atoms with E-state index < -0.39 is 0 Å². The number of halogens is 2. The summed E-state index contributed by atoms with van der Waals surface area (Å²) < 4.78 is 20.1. The minimum Gasteiger partial charge on any atom is -0.377 e. The monoisotopic (exact) mass is 396 g/mol. The second-order valence-electron chi connectivity index (χ2n) is 6.26. The lowest BCUT2D eigenvalue weighted by molar-refractivity contribution is -0.127. The van der Waals surface area contributed by atoms with E-state index in [1.807, 2.05) is 4.90 Å². The zero-order valence-electron chi connectivity index (χ0n) is 13.6. The molecule has 0 spiro atoms. The van der Waals surface area contributed by atoms with Crippen LogP contribution in [0.25, 0.3) is 6.08 Å². The van der Waals surface area contributed by atoms with Crippen molar-refractivity contribution in [2.75, 3.05) is 39.3 Å². The van der Waals surface area contributed by atoms with Crippen molar-refractivity contribution >= 4 is 27.9 Å². The van der Waals surface area contributed by atoms with E-state index in [4.69, 9.17) is 4.74 Å². The van der Waals surface area contributed by atoms with Crippen LogP contribution in [0.1, 0.15) is 18.4 Å². The van der Waals surface area contributed by atoms with Crippen molar-refractivity contribution in [2.45, 2.75) is 18.9 Å². The number of carbonyl (C=O) groups excluding carboxylic acids is 1. The maximum atomic E-state index is 13.7. The van der Waals surface area contributed by atoms with Gasteiger partial charge in [0.2, 0.25) is 5.91 Å². The Morgan fingerprint density at radius 2 is 2.12 bits per heavy atom. The van der Waals surface area contributed by atoms with Crippen LogP contribution in [0.5, 0.6) is 0 Å². The quantitative estimate of drug-likeness (QED) is 0.733. The Hall–Kier alpha value is -1.24. The summed E-state index contributed by atoms with van der Waals surface area (Å²) in [5, 5.41) is 0. The molecule has 0 radical (unpaired) electrons. The fraction of sp³-hybridized carbons (Fsp3) is 0.500. The first kappa shape index (κ1) is 17.6. The van der Waals surface area contributed by atoms with Crippen LogP contribution in [0.4, 0.5) is 4.39 Å². The van der Waals surface area contributed by atoms with Crippen LogP contribution in [0.3, 0.4) is 0 Å². The Morgan fingerprint density at radius 3 is 2.83 bits per heavy atom. The molecular formula is C18H22BrFN2O2. The third kappa shape index (κ3) is 4.65. The molecule has 6 heteroatoms. The summed E-state index contributed by atoms with van der Waals surface area (Å²) in [6.07, 6.45) is 5.65. The third-order valence-electron chi connectivity index (χ3n) is 4.53. The van der Waals surface area contributed by atoms with E-state index in [-0.39, 0.29) is 11.7 Å². The van der Waals surface area contributed by atoms with Gasteiger partial charge in [-0.1, -0.05) is 15.9 Å². The number of hydrogen-bond acceptors (Lipinski definition) is 3. The topological polar surface area (TPSA) is 32.8 Å². The lowest BCUT2D eigenvalue weighted by Gasteiger charge is -2.35. The summed E-state index contributed by atoms with van der Waals surface area (Å²) in [7, 11) is 0. The van der Waals surface area contributed by atoms with Crippen molar-refractivity contribution in [3.63, 3.8) is 0 Å². The predicted molar refractivity (Wildman–Crippen MR) is 95.1 cm³/mol. The van der Waals surface area contributed by atoms with Gasteiger partial charge < -0.3 is 9.64 Å². The van der Waals surface area contributed by atoms with Crippen molar-refractivity contribution < 1.29 is 13.9 Å². The molecule has 1 amide bonds. The van der Waals surface area contributed by atoms with Gasteiger partial charge in [-0.2, -0.15) is 0 Å².